The van der Waals surface area contributed by atoms with E-state index in [1.54, 1.807) is 0 Å². The first-order valence-electron chi connectivity index (χ1n) is 7.88. The molecule has 6 nitrogen and oxygen atoms in total. The van der Waals surface area contributed by atoms with Crippen LogP contribution in [0.5, 0.6) is 0 Å². The number of benzene rings is 1. The summed E-state index contributed by atoms with van der Waals surface area (Å²) in [6.45, 7) is 5.60. The van der Waals surface area contributed by atoms with Gasteiger partial charge in [0.05, 0.1) is 12.3 Å². The van der Waals surface area contributed by atoms with Crippen LogP contribution in [-0.2, 0) is 16.6 Å². The fourth-order valence-electron chi connectivity index (χ4n) is 2.14. The highest BCUT2D eigenvalue weighted by Gasteiger charge is 2.18. The molecule has 0 atom stereocenters. The summed E-state index contributed by atoms with van der Waals surface area (Å²) in [5, 5.41) is 3.12. The minimum Gasteiger partial charge on any atom is -0.355 e. The number of hydrogen-bond donors (Lipinski definition) is 1. The summed E-state index contributed by atoms with van der Waals surface area (Å²) in [5.74, 6) is 0.746. The topological polar surface area (TPSA) is 65.0 Å². The molecular weight excluding hydrogens is 312 g/mol. The molecular formula is C16H28N4O2S. The number of rotatable bonds is 8. The highest BCUT2D eigenvalue weighted by atomic mass is 32.2. The Hall–Kier alpha value is -1.60. The van der Waals surface area contributed by atoms with E-state index in [1.165, 1.54) is 4.31 Å². The molecule has 0 radical (unpaired) electrons. The molecule has 0 heterocycles. The molecule has 0 aliphatic rings. The molecule has 1 aromatic carbocycles. The van der Waals surface area contributed by atoms with Gasteiger partial charge < -0.3 is 10.2 Å². The monoisotopic (exact) mass is 340 g/mol. The van der Waals surface area contributed by atoms with Gasteiger partial charge in [-0.25, -0.2) is 17.7 Å². The fourth-order valence-corrected chi connectivity index (χ4v) is 3.55. The smallest absolute Gasteiger partial charge is 0.215 e. The first-order valence-corrected chi connectivity index (χ1v) is 9.49. The zero-order valence-corrected chi connectivity index (χ0v) is 15.3. The minimum atomic E-state index is -3.21. The second-order valence-electron chi connectivity index (χ2n) is 5.35. The van der Waals surface area contributed by atoms with Crippen LogP contribution >= 0.6 is 0 Å². The first-order chi connectivity index (χ1) is 10.9. The summed E-state index contributed by atoms with van der Waals surface area (Å²) in [5.41, 5.74) is 1.12. The van der Waals surface area contributed by atoms with E-state index < -0.39 is 10.0 Å². The standard InChI is InChI=1S/C16H28N4O2S/c1-5-20(6-2)23(21,22)13-12-17-16(19(3)4)18-14-15-10-8-7-9-11-15/h7-11H,5-6,12-14H2,1-4H3,(H,17,18). The van der Waals surface area contributed by atoms with Crippen molar-refractivity contribution in [2.45, 2.75) is 20.4 Å². The molecule has 23 heavy (non-hydrogen) atoms. The van der Waals surface area contributed by atoms with Crippen molar-refractivity contribution in [3.05, 3.63) is 35.9 Å². The maximum absolute atomic E-state index is 12.2. The van der Waals surface area contributed by atoms with Gasteiger partial charge in [-0.3, -0.25) is 0 Å². The van der Waals surface area contributed by atoms with Crippen molar-refractivity contribution in [3.8, 4) is 0 Å². The fraction of sp³-hybridized carbons (Fsp3) is 0.562. The lowest BCUT2D eigenvalue weighted by Gasteiger charge is -2.21. The van der Waals surface area contributed by atoms with Crippen LogP contribution in [0, 0.1) is 0 Å². The third-order valence-corrected chi connectivity index (χ3v) is 5.44. The molecule has 0 fully saturated rings. The van der Waals surface area contributed by atoms with E-state index in [-0.39, 0.29) is 5.75 Å². The van der Waals surface area contributed by atoms with Gasteiger partial charge in [-0.15, -0.1) is 0 Å². The van der Waals surface area contributed by atoms with Gasteiger partial charge in [0.1, 0.15) is 0 Å². The molecule has 0 saturated heterocycles. The highest BCUT2D eigenvalue weighted by Crippen LogP contribution is 2.02. The summed E-state index contributed by atoms with van der Waals surface area (Å²) in [4.78, 5) is 6.38. The largest absolute Gasteiger partial charge is 0.355 e. The zero-order chi connectivity index (χ0) is 17.3. The van der Waals surface area contributed by atoms with E-state index in [0.29, 0.717) is 32.1 Å². The summed E-state index contributed by atoms with van der Waals surface area (Å²) in [6.07, 6.45) is 0. The van der Waals surface area contributed by atoms with Gasteiger partial charge >= 0.3 is 0 Å². The van der Waals surface area contributed by atoms with Crippen LogP contribution in [0.3, 0.4) is 0 Å². The van der Waals surface area contributed by atoms with Crippen LogP contribution in [0.1, 0.15) is 19.4 Å². The summed E-state index contributed by atoms with van der Waals surface area (Å²) in [7, 11) is 0.556. The molecule has 1 rings (SSSR count). The Morgan fingerprint density at radius 2 is 1.74 bits per heavy atom. The maximum atomic E-state index is 12.2. The van der Waals surface area contributed by atoms with Gasteiger partial charge in [-0.2, -0.15) is 0 Å². The van der Waals surface area contributed by atoms with Crippen LogP contribution < -0.4 is 5.32 Å². The maximum Gasteiger partial charge on any atom is 0.215 e. The number of hydrogen-bond acceptors (Lipinski definition) is 3. The van der Waals surface area contributed by atoms with Gasteiger partial charge in [0.25, 0.3) is 0 Å². The molecule has 0 aliphatic carbocycles. The SMILES string of the molecule is CCN(CC)S(=O)(=O)CCNC(=NCc1ccccc1)N(C)C. The number of aliphatic imine (C=N–C) groups is 1. The van der Waals surface area contributed by atoms with Gasteiger partial charge in [0.2, 0.25) is 10.0 Å². The van der Waals surface area contributed by atoms with Gasteiger partial charge in [0.15, 0.2) is 5.96 Å². The van der Waals surface area contributed by atoms with Crippen molar-refractivity contribution >= 4 is 16.0 Å². The van der Waals surface area contributed by atoms with E-state index in [4.69, 9.17) is 0 Å². The number of nitrogens with zero attached hydrogens (tertiary/aromatic N) is 3. The van der Waals surface area contributed by atoms with Crippen LogP contribution in [0.2, 0.25) is 0 Å². The first kappa shape index (κ1) is 19.4. The molecule has 0 amide bonds. The second kappa shape index (κ2) is 9.52. The Morgan fingerprint density at radius 3 is 2.26 bits per heavy atom. The third kappa shape index (κ3) is 6.58. The second-order valence-corrected chi connectivity index (χ2v) is 7.44. The van der Waals surface area contributed by atoms with E-state index in [2.05, 4.69) is 10.3 Å². The molecule has 130 valence electrons. The molecule has 0 aliphatic heterocycles. The Kier molecular flexibility index (Phi) is 8.05. The number of sulfonamides is 1. The average Bonchev–Trinajstić information content (AvgIpc) is 2.52. The van der Waals surface area contributed by atoms with Crippen LogP contribution in [0.15, 0.2) is 35.3 Å². The lowest BCUT2D eigenvalue weighted by Crippen LogP contribution is -2.41. The summed E-state index contributed by atoms with van der Waals surface area (Å²) < 4.78 is 25.8. The Labute approximate surface area is 140 Å². The molecule has 7 heteroatoms. The molecule has 1 aromatic rings. The van der Waals surface area contributed by atoms with Crippen LogP contribution in [0.25, 0.3) is 0 Å². The molecule has 0 aromatic heterocycles. The lowest BCUT2D eigenvalue weighted by molar-refractivity contribution is 0.444. The predicted octanol–water partition coefficient (Wildman–Crippen LogP) is 1.37. The van der Waals surface area contributed by atoms with Crippen molar-refractivity contribution in [2.75, 3.05) is 39.5 Å². The Morgan fingerprint density at radius 1 is 1.13 bits per heavy atom. The van der Waals surface area contributed by atoms with Crippen molar-refractivity contribution < 1.29 is 8.42 Å². The van der Waals surface area contributed by atoms with Crippen molar-refractivity contribution in [1.82, 2.24) is 14.5 Å². The molecule has 0 unspecified atom stereocenters. The van der Waals surface area contributed by atoms with Gasteiger partial charge in [-0.05, 0) is 5.56 Å². The zero-order valence-electron chi connectivity index (χ0n) is 14.5. The van der Waals surface area contributed by atoms with Crippen molar-refractivity contribution in [3.63, 3.8) is 0 Å². The molecule has 0 spiro atoms. The highest BCUT2D eigenvalue weighted by molar-refractivity contribution is 7.89. The van der Waals surface area contributed by atoms with Crippen molar-refractivity contribution in [1.29, 1.82) is 0 Å². The minimum absolute atomic E-state index is 0.0624. The van der Waals surface area contributed by atoms with Gasteiger partial charge in [-0.1, -0.05) is 44.2 Å². The van der Waals surface area contributed by atoms with Crippen LogP contribution in [0.4, 0.5) is 0 Å². The Balaban J connectivity index is 2.60. The number of guanidine groups is 1. The summed E-state index contributed by atoms with van der Waals surface area (Å²) in [6, 6.07) is 9.95. The van der Waals surface area contributed by atoms with E-state index in [9.17, 15) is 8.42 Å². The molecule has 1 N–H and O–H groups in total. The summed E-state index contributed by atoms with van der Waals surface area (Å²) >= 11 is 0. The van der Waals surface area contributed by atoms with Crippen molar-refractivity contribution in [2.24, 2.45) is 4.99 Å². The average molecular weight is 340 g/mol. The van der Waals surface area contributed by atoms with E-state index in [1.807, 2.05) is 63.2 Å². The quantitative estimate of drug-likeness (QED) is 0.573. The molecule has 0 bridgehead atoms. The van der Waals surface area contributed by atoms with Gasteiger partial charge in [0, 0.05) is 33.7 Å². The predicted molar refractivity (Wildman–Crippen MR) is 96.0 cm³/mol. The van der Waals surface area contributed by atoms with Crippen LogP contribution in [-0.4, -0.2) is 63.1 Å². The third-order valence-electron chi connectivity index (χ3n) is 3.42. The van der Waals surface area contributed by atoms with E-state index in [0.717, 1.165) is 5.56 Å². The Bertz CT molecular complexity index is 581. The van der Waals surface area contributed by atoms with E-state index >= 15 is 0 Å². The lowest BCUT2D eigenvalue weighted by atomic mass is 10.2. The number of nitrogens with one attached hydrogen (secondary N) is 1. The normalized spacial score (nSPS) is 12.5. The molecule has 0 saturated carbocycles.